The van der Waals surface area contributed by atoms with E-state index in [4.69, 9.17) is 4.74 Å². The lowest BCUT2D eigenvalue weighted by atomic mass is 9.64. The van der Waals surface area contributed by atoms with Gasteiger partial charge in [-0.05, 0) is 44.7 Å². The van der Waals surface area contributed by atoms with Crippen LogP contribution in [0.5, 0.6) is 0 Å². The smallest absolute Gasteiger partial charge is 0.380 e. The predicted octanol–water partition coefficient (Wildman–Crippen LogP) is 2.72. The van der Waals surface area contributed by atoms with Crippen LogP contribution in [0, 0.1) is 17.2 Å². The van der Waals surface area contributed by atoms with Gasteiger partial charge in [-0.3, -0.25) is 13.9 Å². The molecule has 4 heterocycles. The molecule has 11 heteroatoms. The summed E-state index contributed by atoms with van der Waals surface area (Å²) in [7, 11) is 2.04. The quantitative estimate of drug-likeness (QED) is 0.692. The number of halogens is 4. The molecule has 3 aliphatic rings. The largest absolute Gasteiger partial charge is 0.418 e. The molecule has 0 aromatic carbocycles. The lowest BCUT2D eigenvalue weighted by Gasteiger charge is -2.51. The number of hydrogen-bond acceptors (Lipinski definition) is 5. The SMILES string of the molecule is CN1CNNC1CC1(C2CCCC(n3cc4c(C(F)(F)F)cc(F)cn4c3=O)C2)COC1. The van der Waals surface area contributed by atoms with Gasteiger partial charge < -0.3 is 4.74 Å². The van der Waals surface area contributed by atoms with E-state index in [0.29, 0.717) is 38.0 Å². The normalized spacial score (nSPS) is 28.8. The number of pyridine rings is 1. The molecule has 2 aromatic heterocycles. The molecule has 3 fully saturated rings. The summed E-state index contributed by atoms with van der Waals surface area (Å²) in [6.45, 7) is 2.04. The van der Waals surface area contributed by atoms with Crippen molar-refractivity contribution in [2.75, 3.05) is 26.9 Å². The first-order valence-electron chi connectivity index (χ1n) is 10.9. The van der Waals surface area contributed by atoms with Crippen LogP contribution in [0.3, 0.4) is 0 Å². The summed E-state index contributed by atoms with van der Waals surface area (Å²) in [4.78, 5) is 15.2. The molecule has 2 aliphatic heterocycles. The van der Waals surface area contributed by atoms with Gasteiger partial charge in [-0.1, -0.05) is 6.42 Å². The molecule has 176 valence electrons. The lowest BCUT2D eigenvalue weighted by Crippen LogP contribution is -2.54. The Morgan fingerprint density at radius 3 is 2.66 bits per heavy atom. The van der Waals surface area contributed by atoms with Gasteiger partial charge in [0.25, 0.3) is 0 Å². The first-order chi connectivity index (χ1) is 15.2. The molecule has 3 atom stereocenters. The highest BCUT2D eigenvalue weighted by Crippen LogP contribution is 2.49. The topological polar surface area (TPSA) is 62.9 Å². The standard InChI is InChI=1S/C21H27F4N5O2/c1-28-12-26-27-18(28)7-20(10-32-11-20)13-3-2-4-15(5-13)29-9-17-16(21(23,24)25)6-14(22)8-30(17)19(29)31/h6,8-9,13,15,18,26-27H,2-5,7,10-12H2,1H3. The van der Waals surface area contributed by atoms with E-state index in [1.54, 1.807) is 0 Å². The number of hydrazine groups is 1. The summed E-state index contributed by atoms with van der Waals surface area (Å²) in [6.07, 6.45) is 1.67. The molecule has 2 aromatic rings. The van der Waals surface area contributed by atoms with Crippen LogP contribution >= 0.6 is 0 Å². The van der Waals surface area contributed by atoms with Gasteiger partial charge in [-0.25, -0.2) is 20.0 Å². The first kappa shape index (κ1) is 21.9. The average Bonchev–Trinajstić information content (AvgIpc) is 3.26. The van der Waals surface area contributed by atoms with Gasteiger partial charge in [0, 0.05) is 23.9 Å². The van der Waals surface area contributed by atoms with E-state index in [-0.39, 0.29) is 23.1 Å². The minimum Gasteiger partial charge on any atom is -0.380 e. The van der Waals surface area contributed by atoms with Crippen LogP contribution < -0.4 is 16.5 Å². The van der Waals surface area contributed by atoms with Crippen LogP contribution in [0.4, 0.5) is 17.6 Å². The van der Waals surface area contributed by atoms with Gasteiger partial charge in [0.15, 0.2) is 0 Å². The second-order valence-corrected chi connectivity index (χ2v) is 9.47. The molecule has 1 saturated carbocycles. The number of imidazole rings is 1. The predicted molar refractivity (Wildman–Crippen MR) is 108 cm³/mol. The fraction of sp³-hybridized carbons (Fsp3) is 0.667. The average molecular weight is 457 g/mol. The minimum atomic E-state index is -4.75. The summed E-state index contributed by atoms with van der Waals surface area (Å²) < 4.78 is 62.0. The summed E-state index contributed by atoms with van der Waals surface area (Å²) in [5, 5.41) is 0. The van der Waals surface area contributed by atoms with E-state index in [9.17, 15) is 22.4 Å². The van der Waals surface area contributed by atoms with Crippen LogP contribution in [0.15, 0.2) is 23.3 Å². The Balaban J connectivity index is 1.44. The fourth-order valence-electron chi connectivity index (χ4n) is 5.62. The maximum atomic E-state index is 13.9. The number of rotatable bonds is 4. The van der Waals surface area contributed by atoms with Crippen LogP contribution in [-0.2, 0) is 10.9 Å². The van der Waals surface area contributed by atoms with E-state index >= 15 is 0 Å². The maximum Gasteiger partial charge on any atom is 0.418 e. The molecule has 2 N–H and O–H groups in total. The van der Waals surface area contributed by atoms with Crippen molar-refractivity contribution < 1.29 is 22.3 Å². The van der Waals surface area contributed by atoms with Gasteiger partial charge in [0.1, 0.15) is 5.82 Å². The molecular weight excluding hydrogens is 430 g/mol. The maximum absolute atomic E-state index is 13.9. The van der Waals surface area contributed by atoms with Crippen molar-refractivity contribution in [3.63, 3.8) is 0 Å². The molecule has 0 spiro atoms. The Bertz CT molecular complexity index is 1060. The number of fused-ring (bicyclic) bond motifs is 1. The van der Waals surface area contributed by atoms with E-state index in [1.165, 1.54) is 10.8 Å². The van der Waals surface area contributed by atoms with Gasteiger partial charge in [0.05, 0.1) is 37.1 Å². The summed E-state index contributed by atoms with van der Waals surface area (Å²) in [5.74, 6) is -0.793. The highest BCUT2D eigenvalue weighted by atomic mass is 19.4. The number of hydrogen-bond donors (Lipinski definition) is 2. The van der Waals surface area contributed by atoms with Gasteiger partial charge >= 0.3 is 11.9 Å². The second-order valence-electron chi connectivity index (χ2n) is 9.47. The van der Waals surface area contributed by atoms with E-state index in [2.05, 4.69) is 15.8 Å². The number of nitrogens with zero attached hydrogens (tertiary/aromatic N) is 3. The number of aromatic nitrogens is 2. The molecule has 0 amide bonds. The van der Waals surface area contributed by atoms with Crippen molar-refractivity contribution in [3.05, 3.63) is 40.3 Å². The van der Waals surface area contributed by atoms with Gasteiger partial charge in [-0.2, -0.15) is 13.2 Å². The van der Waals surface area contributed by atoms with Crippen molar-refractivity contribution in [1.29, 1.82) is 0 Å². The molecule has 3 unspecified atom stereocenters. The fourth-order valence-corrected chi connectivity index (χ4v) is 5.62. The molecule has 0 bridgehead atoms. The van der Waals surface area contributed by atoms with E-state index in [0.717, 1.165) is 36.5 Å². The molecule has 5 rings (SSSR count). The van der Waals surface area contributed by atoms with E-state index < -0.39 is 23.2 Å². The van der Waals surface area contributed by atoms with Gasteiger partial charge in [-0.15, -0.1) is 0 Å². The highest BCUT2D eigenvalue weighted by molar-refractivity contribution is 5.55. The highest BCUT2D eigenvalue weighted by Gasteiger charge is 2.49. The Morgan fingerprint density at radius 1 is 1.25 bits per heavy atom. The Labute approximate surface area is 182 Å². The number of alkyl halides is 3. The second kappa shape index (κ2) is 7.82. The third kappa shape index (κ3) is 3.64. The van der Waals surface area contributed by atoms with Crippen LogP contribution in [0.25, 0.3) is 5.52 Å². The van der Waals surface area contributed by atoms with Gasteiger partial charge in [0.2, 0.25) is 0 Å². The first-order valence-corrected chi connectivity index (χ1v) is 10.9. The molecule has 1 aliphatic carbocycles. The Hall–Kier alpha value is -1.95. The molecular formula is C21H27F4N5O2. The lowest BCUT2D eigenvalue weighted by molar-refractivity contribution is -0.167. The van der Waals surface area contributed by atoms with Crippen molar-refractivity contribution in [1.82, 2.24) is 24.7 Å². The molecule has 2 saturated heterocycles. The van der Waals surface area contributed by atoms with Crippen molar-refractivity contribution >= 4 is 5.52 Å². The molecule has 7 nitrogen and oxygen atoms in total. The minimum absolute atomic E-state index is 0.0252. The van der Waals surface area contributed by atoms with Crippen molar-refractivity contribution in [2.45, 2.75) is 50.5 Å². The number of nitrogens with one attached hydrogen (secondary N) is 2. The third-order valence-electron chi connectivity index (χ3n) is 7.48. The summed E-state index contributed by atoms with van der Waals surface area (Å²) >= 11 is 0. The zero-order valence-corrected chi connectivity index (χ0v) is 17.8. The Morgan fingerprint density at radius 2 is 2.03 bits per heavy atom. The monoisotopic (exact) mass is 457 g/mol. The van der Waals surface area contributed by atoms with Crippen LogP contribution in [0.2, 0.25) is 0 Å². The zero-order valence-electron chi connectivity index (χ0n) is 17.8. The molecule has 0 radical (unpaired) electrons. The summed E-state index contributed by atoms with van der Waals surface area (Å²) in [6, 6.07) is 0.220. The third-order valence-corrected chi connectivity index (χ3v) is 7.48. The zero-order chi connectivity index (χ0) is 22.7. The summed E-state index contributed by atoms with van der Waals surface area (Å²) in [5.41, 5.74) is 4.33. The number of ether oxygens (including phenoxy) is 1. The van der Waals surface area contributed by atoms with Crippen LogP contribution in [0.1, 0.15) is 43.7 Å². The van der Waals surface area contributed by atoms with Crippen molar-refractivity contribution in [2.24, 2.45) is 11.3 Å². The Kier molecular flexibility index (Phi) is 5.35. The molecule has 32 heavy (non-hydrogen) atoms. The van der Waals surface area contributed by atoms with E-state index in [1.807, 2.05) is 7.05 Å². The van der Waals surface area contributed by atoms with Crippen LogP contribution in [-0.4, -0.2) is 47.0 Å². The van der Waals surface area contributed by atoms with Crippen molar-refractivity contribution in [3.8, 4) is 0 Å².